The van der Waals surface area contributed by atoms with Crippen molar-refractivity contribution in [1.82, 2.24) is 13.9 Å². The highest BCUT2D eigenvalue weighted by molar-refractivity contribution is 7.89. The van der Waals surface area contributed by atoms with Crippen molar-refractivity contribution in [1.29, 1.82) is 0 Å². The van der Waals surface area contributed by atoms with Gasteiger partial charge in [0.05, 0.1) is 21.2 Å². The molecule has 1 unspecified atom stereocenters. The zero-order chi connectivity index (χ0) is 23.0. The SMILES string of the molecule is CS(=O)(=O)N1CCCN(S(=O)(=O)c2ccc(Cl)c(Cl)c2)C1C(=O)NC1CCC(N)CC1. The summed E-state index contributed by atoms with van der Waals surface area (Å²) in [7, 11) is -8.10. The van der Waals surface area contributed by atoms with E-state index in [1.54, 1.807) is 0 Å². The fourth-order valence-corrected chi connectivity index (χ4v) is 7.02. The lowest BCUT2D eigenvalue weighted by atomic mass is 9.92. The molecule has 0 radical (unpaired) electrons. The van der Waals surface area contributed by atoms with Gasteiger partial charge in [0.2, 0.25) is 20.0 Å². The Morgan fingerprint density at radius 1 is 1.03 bits per heavy atom. The van der Waals surface area contributed by atoms with Crippen LogP contribution in [0.5, 0.6) is 0 Å². The van der Waals surface area contributed by atoms with E-state index in [2.05, 4.69) is 5.32 Å². The Labute approximate surface area is 192 Å². The molecule has 13 heteroatoms. The number of amides is 1. The average Bonchev–Trinajstić information content (AvgIpc) is 2.70. The molecular formula is C18H26Cl2N4O5S2. The van der Waals surface area contributed by atoms with E-state index in [1.165, 1.54) is 18.2 Å². The Morgan fingerprint density at radius 3 is 2.23 bits per heavy atom. The molecule has 1 aromatic carbocycles. The highest BCUT2D eigenvalue weighted by atomic mass is 35.5. The van der Waals surface area contributed by atoms with E-state index in [0.29, 0.717) is 12.8 Å². The first-order chi connectivity index (χ1) is 14.4. The maximum atomic E-state index is 13.4. The van der Waals surface area contributed by atoms with Crippen molar-refractivity contribution in [3.8, 4) is 0 Å². The third-order valence-corrected chi connectivity index (χ3v) is 9.40. The van der Waals surface area contributed by atoms with Gasteiger partial charge in [-0.15, -0.1) is 0 Å². The van der Waals surface area contributed by atoms with Crippen molar-refractivity contribution in [2.24, 2.45) is 5.73 Å². The lowest BCUT2D eigenvalue weighted by Crippen LogP contribution is -2.64. The molecule has 1 amide bonds. The van der Waals surface area contributed by atoms with E-state index in [1.807, 2.05) is 0 Å². The van der Waals surface area contributed by atoms with Gasteiger partial charge in [-0.3, -0.25) is 4.79 Å². The molecule has 2 aliphatic rings. The van der Waals surface area contributed by atoms with Crippen molar-refractivity contribution in [3.63, 3.8) is 0 Å². The number of halogens is 2. The van der Waals surface area contributed by atoms with Gasteiger partial charge in [0.1, 0.15) is 0 Å². The molecule has 1 saturated carbocycles. The average molecular weight is 513 g/mol. The van der Waals surface area contributed by atoms with Crippen LogP contribution in [0.4, 0.5) is 0 Å². The Hall–Kier alpha value is -0.950. The number of carbonyl (C=O) groups is 1. The van der Waals surface area contributed by atoms with Gasteiger partial charge in [0, 0.05) is 25.2 Å². The molecule has 174 valence electrons. The zero-order valence-electron chi connectivity index (χ0n) is 17.0. The predicted octanol–water partition coefficient (Wildman–Crippen LogP) is 1.36. The molecule has 0 spiro atoms. The number of nitrogens with zero attached hydrogens (tertiary/aromatic N) is 2. The lowest BCUT2D eigenvalue weighted by molar-refractivity contribution is -0.130. The second-order valence-corrected chi connectivity index (χ2v) is 12.6. The summed E-state index contributed by atoms with van der Waals surface area (Å²) in [6, 6.07) is 3.69. The number of hydrogen-bond acceptors (Lipinski definition) is 6. The number of hydrogen-bond donors (Lipinski definition) is 2. The van der Waals surface area contributed by atoms with Crippen molar-refractivity contribution < 1.29 is 21.6 Å². The molecule has 1 aliphatic heterocycles. The van der Waals surface area contributed by atoms with E-state index in [9.17, 15) is 21.6 Å². The summed E-state index contributed by atoms with van der Waals surface area (Å²) >= 11 is 11.9. The summed E-state index contributed by atoms with van der Waals surface area (Å²) in [5.74, 6) is -0.672. The number of sulfonamides is 2. The van der Waals surface area contributed by atoms with Crippen LogP contribution in [0.3, 0.4) is 0 Å². The largest absolute Gasteiger partial charge is 0.351 e. The second kappa shape index (κ2) is 9.50. The summed E-state index contributed by atoms with van der Waals surface area (Å²) in [6.07, 6.45) is 2.44. The van der Waals surface area contributed by atoms with Crippen molar-refractivity contribution in [3.05, 3.63) is 28.2 Å². The molecular weight excluding hydrogens is 487 g/mol. The first-order valence-electron chi connectivity index (χ1n) is 9.91. The highest BCUT2D eigenvalue weighted by Crippen LogP contribution is 2.30. The first-order valence-corrected chi connectivity index (χ1v) is 14.0. The minimum absolute atomic E-state index is 0.0117. The smallest absolute Gasteiger partial charge is 0.254 e. The summed E-state index contributed by atoms with van der Waals surface area (Å²) in [5, 5.41) is 3.05. The number of nitrogens with two attached hydrogens (primary N) is 1. The molecule has 1 aliphatic carbocycles. The topological polar surface area (TPSA) is 130 Å². The Morgan fingerprint density at radius 2 is 1.65 bits per heavy atom. The van der Waals surface area contributed by atoms with Crippen LogP contribution in [0.25, 0.3) is 0 Å². The van der Waals surface area contributed by atoms with Crippen molar-refractivity contribution >= 4 is 49.2 Å². The van der Waals surface area contributed by atoms with E-state index >= 15 is 0 Å². The Kier molecular flexibility index (Phi) is 7.57. The van der Waals surface area contributed by atoms with Gasteiger partial charge < -0.3 is 11.1 Å². The fraction of sp³-hybridized carbons (Fsp3) is 0.611. The van der Waals surface area contributed by atoms with Crippen LogP contribution in [0.2, 0.25) is 10.0 Å². The molecule has 0 bridgehead atoms. The lowest BCUT2D eigenvalue weighted by Gasteiger charge is -2.41. The standard InChI is InChI=1S/C18H26Cl2N4O5S2/c1-30(26,27)23-9-2-10-24(31(28,29)14-7-8-15(19)16(20)11-14)18(23)17(25)22-13-5-3-12(21)4-6-13/h7-8,11-13,18H,2-6,9-10,21H2,1H3,(H,22,25). The summed E-state index contributed by atoms with van der Waals surface area (Å²) in [4.78, 5) is 13.0. The van der Waals surface area contributed by atoms with Crippen LogP contribution in [-0.4, -0.2) is 68.9 Å². The predicted molar refractivity (Wildman–Crippen MR) is 119 cm³/mol. The quantitative estimate of drug-likeness (QED) is 0.612. The van der Waals surface area contributed by atoms with Gasteiger partial charge in [-0.2, -0.15) is 8.61 Å². The molecule has 9 nitrogen and oxygen atoms in total. The normalized spacial score (nSPS) is 26.5. The van der Waals surface area contributed by atoms with Crippen LogP contribution >= 0.6 is 23.2 Å². The van der Waals surface area contributed by atoms with Crippen LogP contribution in [-0.2, 0) is 24.8 Å². The number of carbonyl (C=O) groups excluding carboxylic acids is 1. The van der Waals surface area contributed by atoms with E-state index < -0.39 is 32.1 Å². The van der Waals surface area contributed by atoms with E-state index in [0.717, 1.165) is 27.7 Å². The fourth-order valence-electron chi connectivity index (χ4n) is 3.94. The molecule has 3 rings (SSSR count). The summed E-state index contributed by atoms with van der Waals surface area (Å²) in [5.41, 5.74) is 5.91. The molecule has 1 saturated heterocycles. The third-order valence-electron chi connectivity index (χ3n) is 5.58. The zero-order valence-corrected chi connectivity index (χ0v) is 20.1. The number of benzene rings is 1. The summed E-state index contributed by atoms with van der Waals surface area (Å²) in [6.45, 7) is 0.0298. The molecule has 1 heterocycles. The van der Waals surface area contributed by atoms with Gasteiger partial charge in [0.15, 0.2) is 6.17 Å². The van der Waals surface area contributed by atoms with Crippen molar-refractivity contribution in [2.45, 2.75) is 55.2 Å². The number of nitrogens with one attached hydrogen (secondary N) is 1. The van der Waals surface area contributed by atoms with Gasteiger partial charge >= 0.3 is 0 Å². The molecule has 1 aromatic rings. The Bertz CT molecular complexity index is 1040. The molecule has 3 N–H and O–H groups in total. The van der Waals surface area contributed by atoms with E-state index in [-0.39, 0.29) is 46.5 Å². The minimum Gasteiger partial charge on any atom is -0.351 e. The van der Waals surface area contributed by atoms with Crippen LogP contribution < -0.4 is 11.1 Å². The first kappa shape index (κ1) is 24.7. The number of rotatable bonds is 5. The van der Waals surface area contributed by atoms with Gasteiger partial charge in [-0.05, 0) is 50.3 Å². The van der Waals surface area contributed by atoms with Crippen LogP contribution in [0.1, 0.15) is 32.1 Å². The van der Waals surface area contributed by atoms with E-state index in [4.69, 9.17) is 28.9 Å². The van der Waals surface area contributed by atoms with Crippen LogP contribution in [0, 0.1) is 0 Å². The Balaban J connectivity index is 1.96. The van der Waals surface area contributed by atoms with Gasteiger partial charge in [-0.1, -0.05) is 23.2 Å². The van der Waals surface area contributed by atoms with Gasteiger partial charge in [0.25, 0.3) is 5.91 Å². The maximum Gasteiger partial charge on any atom is 0.254 e. The highest BCUT2D eigenvalue weighted by Gasteiger charge is 2.46. The minimum atomic E-state index is -4.23. The monoisotopic (exact) mass is 512 g/mol. The molecule has 31 heavy (non-hydrogen) atoms. The molecule has 0 aromatic heterocycles. The third kappa shape index (κ3) is 5.52. The van der Waals surface area contributed by atoms with Crippen molar-refractivity contribution in [2.75, 3.05) is 19.3 Å². The van der Waals surface area contributed by atoms with Gasteiger partial charge in [-0.25, -0.2) is 16.8 Å². The molecule has 2 fully saturated rings. The second-order valence-electron chi connectivity index (χ2n) is 7.91. The van der Waals surface area contributed by atoms with Crippen LogP contribution in [0.15, 0.2) is 23.1 Å². The summed E-state index contributed by atoms with van der Waals surface area (Å²) < 4.78 is 53.4. The molecule has 1 atom stereocenters. The maximum absolute atomic E-state index is 13.4.